The molecule has 11 heteroatoms. The third-order valence-corrected chi connectivity index (χ3v) is 11.4. The standard InChI is InChI=1S/C33H44N6O4S/c1-24-19-29(42-4)20-25(2)32(24)44(40,41)39-28(21-27-7-5-6-8-30(27)39)23-43-31-9-12-34-33(35-31)38-17-15-37(16-18-38)22-26-10-13-36(3)14-11-26/h5-9,12,19-20,26,28H,10-11,13-18,21-23H2,1-4H3/t28-/m0/s1. The van der Waals surface area contributed by atoms with Crippen molar-refractivity contribution in [1.82, 2.24) is 19.8 Å². The van der Waals surface area contributed by atoms with Gasteiger partial charge in [0.25, 0.3) is 10.0 Å². The second kappa shape index (κ2) is 12.9. The number of benzene rings is 2. The van der Waals surface area contributed by atoms with Gasteiger partial charge < -0.3 is 19.3 Å². The summed E-state index contributed by atoms with van der Waals surface area (Å²) in [6.45, 7) is 11.1. The molecule has 3 aliphatic rings. The van der Waals surface area contributed by atoms with Gasteiger partial charge in [0.05, 0.1) is 23.7 Å². The van der Waals surface area contributed by atoms with Gasteiger partial charge in [0.1, 0.15) is 12.4 Å². The van der Waals surface area contributed by atoms with Crippen LogP contribution in [-0.2, 0) is 16.4 Å². The molecule has 0 N–H and O–H groups in total. The number of piperazine rings is 1. The Kier molecular flexibility index (Phi) is 8.98. The number of sulfonamides is 1. The molecule has 44 heavy (non-hydrogen) atoms. The number of anilines is 2. The maximum absolute atomic E-state index is 14.3. The van der Waals surface area contributed by atoms with Gasteiger partial charge >= 0.3 is 0 Å². The van der Waals surface area contributed by atoms with Crippen LogP contribution in [0.3, 0.4) is 0 Å². The van der Waals surface area contributed by atoms with Gasteiger partial charge in [0.2, 0.25) is 11.8 Å². The average molecular weight is 621 g/mol. The number of ether oxygens (including phenoxy) is 2. The van der Waals surface area contributed by atoms with Crippen molar-refractivity contribution in [2.45, 2.75) is 44.0 Å². The fourth-order valence-corrected chi connectivity index (χ4v) is 9.00. The van der Waals surface area contributed by atoms with Crippen LogP contribution in [-0.4, -0.2) is 101 Å². The largest absolute Gasteiger partial charge is 0.497 e. The lowest BCUT2D eigenvalue weighted by atomic mass is 9.96. The Balaban J connectivity index is 1.14. The second-order valence-electron chi connectivity index (χ2n) is 12.4. The highest BCUT2D eigenvalue weighted by atomic mass is 32.2. The summed E-state index contributed by atoms with van der Waals surface area (Å²) in [5, 5.41) is 0. The molecule has 0 saturated carbocycles. The molecule has 0 aliphatic carbocycles. The predicted octanol–water partition coefficient (Wildman–Crippen LogP) is 3.76. The minimum Gasteiger partial charge on any atom is -0.497 e. The molecule has 0 amide bonds. The summed E-state index contributed by atoms with van der Waals surface area (Å²) in [5.41, 5.74) is 2.97. The van der Waals surface area contributed by atoms with Gasteiger partial charge in [-0.3, -0.25) is 9.21 Å². The maximum atomic E-state index is 14.3. The lowest BCUT2D eigenvalue weighted by Gasteiger charge is -2.38. The van der Waals surface area contributed by atoms with Crippen molar-refractivity contribution in [2.75, 3.05) is 75.8 Å². The minimum absolute atomic E-state index is 0.170. The minimum atomic E-state index is -3.89. The highest BCUT2D eigenvalue weighted by Gasteiger charge is 2.40. The van der Waals surface area contributed by atoms with Gasteiger partial charge in [-0.2, -0.15) is 4.98 Å². The topological polar surface area (TPSA) is 91.3 Å². The van der Waals surface area contributed by atoms with Gasteiger partial charge in [-0.1, -0.05) is 18.2 Å². The Morgan fingerprint density at radius 1 is 0.955 bits per heavy atom. The number of piperidine rings is 1. The molecule has 10 nitrogen and oxygen atoms in total. The molecule has 6 rings (SSSR count). The van der Waals surface area contributed by atoms with Gasteiger partial charge in [-0.25, -0.2) is 13.4 Å². The number of rotatable bonds is 9. The quantitative estimate of drug-likeness (QED) is 0.355. The number of likely N-dealkylation sites (tertiary alicyclic amines) is 1. The number of hydrogen-bond donors (Lipinski definition) is 0. The molecule has 0 bridgehead atoms. The molecule has 2 saturated heterocycles. The summed E-state index contributed by atoms with van der Waals surface area (Å²) in [4.78, 5) is 16.8. The predicted molar refractivity (Wildman–Crippen MR) is 172 cm³/mol. The highest BCUT2D eigenvalue weighted by molar-refractivity contribution is 7.93. The highest BCUT2D eigenvalue weighted by Crippen LogP contribution is 2.39. The van der Waals surface area contributed by atoms with Crippen LogP contribution < -0.4 is 18.7 Å². The van der Waals surface area contributed by atoms with E-state index in [0.717, 1.165) is 37.7 Å². The fraction of sp³-hybridized carbons (Fsp3) is 0.515. The van der Waals surface area contributed by atoms with E-state index in [1.807, 2.05) is 38.1 Å². The summed E-state index contributed by atoms with van der Waals surface area (Å²) >= 11 is 0. The molecule has 2 fully saturated rings. The van der Waals surface area contributed by atoms with Gasteiger partial charge in [-0.15, -0.1) is 0 Å². The number of methoxy groups -OCH3 is 1. The molecule has 236 valence electrons. The summed E-state index contributed by atoms with van der Waals surface area (Å²) in [6.07, 6.45) is 4.85. The lowest BCUT2D eigenvalue weighted by Crippen LogP contribution is -2.49. The van der Waals surface area contributed by atoms with E-state index in [4.69, 9.17) is 14.5 Å². The van der Waals surface area contributed by atoms with Crippen LogP contribution >= 0.6 is 0 Å². The molecular weight excluding hydrogens is 576 g/mol. The zero-order valence-electron chi connectivity index (χ0n) is 26.3. The second-order valence-corrected chi connectivity index (χ2v) is 14.2. The van der Waals surface area contributed by atoms with E-state index in [0.29, 0.717) is 45.7 Å². The van der Waals surface area contributed by atoms with Crippen LogP contribution in [0.25, 0.3) is 0 Å². The van der Waals surface area contributed by atoms with Crippen molar-refractivity contribution < 1.29 is 17.9 Å². The summed E-state index contributed by atoms with van der Waals surface area (Å²) < 4.78 is 41.7. The molecule has 3 aromatic rings. The van der Waals surface area contributed by atoms with E-state index >= 15 is 0 Å². The molecule has 1 atom stereocenters. The van der Waals surface area contributed by atoms with Crippen LogP contribution in [0, 0.1) is 19.8 Å². The first-order chi connectivity index (χ1) is 21.2. The number of nitrogens with zero attached hydrogens (tertiary/aromatic N) is 6. The van der Waals surface area contributed by atoms with Gasteiger partial charge in [-0.05, 0) is 94.1 Å². The Hall–Kier alpha value is -3.41. The van der Waals surface area contributed by atoms with Crippen LogP contribution in [0.5, 0.6) is 11.6 Å². The summed E-state index contributed by atoms with van der Waals surface area (Å²) in [5.74, 6) is 2.53. The molecule has 2 aromatic carbocycles. The summed E-state index contributed by atoms with van der Waals surface area (Å²) in [6, 6.07) is 12.5. The number of aromatic nitrogens is 2. The average Bonchev–Trinajstić information content (AvgIpc) is 3.40. The first-order valence-corrected chi connectivity index (χ1v) is 17.1. The van der Waals surface area contributed by atoms with Crippen LogP contribution in [0.2, 0.25) is 0 Å². The lowest BCUT2D eigenvalue weighted by molar-refractivity contribution is 0.155. The van der Waals surface area contributed by atoms with E-state index in [1.165, 1.54) is 36.8 Å². The van der Waals surface area contributed by atoms with E-state index in [2.05, 4.69) is 26.7 Å². The Morgan fingerprint density at radius 3 is 2.36 bits per heavy atom. The van der Waals surface area contributed by atoms with E-state index in [-0.39, 0.29) is 6.61 Å². The monoisotopic (exact) mass is 620 g/mol. The SMILES string of the molecule is COc1cc(C)c(S(=O)(=O)N2c3ccccc3C[C@H]2COc2ccnc(N3CCN(CC4CCN(C)CC4)CC3)n2)c(C)c1. The maximum Gasteiger partial charge on any atom is 0.265 e. The fourth-order valence-electron chi connectivity index (χ4n) is 6.90. The summed E-state index contributed by atoms with van der Waals surface area (Å²) in [7, 11) is -0.0908. The first kappa shape index (κ1) is 30.6. The van der Waals surface area contributed by atoms with E-state index in [9.17, 15) is 8.42 Å². The third-order valence-electron chi connectivity index (χ3n) is 9.25. The smallest absolute Gasteiger partial charge is 0.265 e. The Bertz CT molecular complexity index is 1540. The molecule has 1 aromatic heterocycles. The van der Waals surface area contributed by atoms with E-state index in [1.54, 1.807) is 31.5 Å². The Labute approximate surface area is 261 Å². The normalized spacial score (nSPS) is 20.1. The molecular formula is C33H44N6O4S. The van der Waals surface area contributed by atoms with Gasteiger partial charge in [0, 0.05) is 45.0 Å². The van der Waals surface area contributed by atoms with Crippen molar-refractivity contribution in [3.8, 4) is 11.6 Å². The molecule has 3 aliphatic heterocycles. The number of aryl methyl sites for hydroxylation is 2. The zero-order chi connectivity index (χ0) is 30.8. The number of fused-ring (bicyclic) bond motifs is 1. The third kappa shape index (κ3) is 6.36. The van der Waals surface area contributed by atoms with Crippen molar-refractivity contribution in [2.24, 2.45) is 5.92 Å². The molecule has 4 heterocycles. The van der Waals surface area contributed by atoms with E-state index < -0.39 is 16.1 Å². The van der Waals surface area contributed by atoms with Crippen molar-refractivity contribution in [1.29, 1.82) is 0 Å². The number of hydrogen-bond acceptors (Lipinski definition) is 9. The zero-order valence-corrected chi connectivity index (χ0v) is 27.1. The van der Waals surface area contributed by atoms with Crippen LogP contribution in [0.1, 0.15) is 29.5 Å². The number of para-hydroxylation sites is 1. The first-order valence-electron chi connectivity index (χ1n) is 15.6. The molecule has 0 unspecified atom stereocenters. The molecule has 0 spiro atoms. The van der Waals surface area contributed by atoms with Gasteiger partial charge in [0.15, 0.2) is 0 Å². The van der Waals surface area contributed by atoms with Crippen molar-refractivity contribution in [3.05, 3.63) is 65.4 Å². The van der Waals surface area contributed by atoms with Crippen molar-refractivity contribution >= 4 is 21.7 Å². The van der Waals surface area contributed by atoms with Crippen molar-refractivity contribution in [3.63, 3.8) is 0 Å². The van der Waals surface area contributed by atoms with Crippen LogP contribution in [0.4, 0.5) is 11.6 Å². The van der Waals surface area contributed by atoms with Crippen LogP contribution in [0.15, 0.2) is 53.6 Å². The Morgan fingerprint density at radius 2 is 1.66 bits per heavy atom. The molecule has 0 radical (unpaired) electrons.